The highest BCUT2D eigenvalue weighted by atomic mass is 16.2. The van der Waals surface area contributed by atoms with Gasteiger partial charge in [0.05, 0.1) is 0 Å². The van der Waals surface area contributed by atoms with E-state index in [1.165, 1.54) is 0 Å². The van der Waals surface area contributed by atoms with Gasteiger partial charge in [-0.3, -0.25) is 14.4 Å². The lowest BCUT2D eigenvalue weighted by Crippen LogP contribution is -2.52. The monoisotopic (exact) mass is 415 g/mol. The van der Waals surface area contributed by atoms with Crippen molar-refractivity contribution in [3.8, 4) is 0 Å². The average molecular weight is 415 g/mol. The van der Waals surface area contributed by atoms with Gasteiger partial charge in [0.1, 0.15) is 17.4 Å². The van der Waals surface area contributed by atoms with Crippen LogP contribution in [0.4, 0.5) is 4.79 Å². The lowest BCUT2D eigenvalue weighted by molar-refractivity contribution is -0.143. The summed E-state index contributed by atoms with van der Waals surface area (Å²) in [5.74, 6) is 0.244. The minimum absolute atomic E-state index is 0.0435. The third-order valence-electron chi connectivity index (χ3n) is 6.58. The number of hydrogen-bond donors (Lipinski definition) is 1. The second-order valence-corrected chi connectivity index (χ2v) is 9.13. The van der Waals surface area contributed by atoms with Gasteiger partial charge in [-0.25, -0.2) is 9.69 Å². The summed E-state index contributed by atoms with van der Waals surface area (Å²) < 4.78 is 2.15. The SMILES string of the molecule is Cc1c([C@@H]2CCCN(C(=O)[C@H](C)N3C(=O)NC(C)(C)C3=O)C2)n2c(nc1=O)CCC2. The molecule has 9 nitrogen and oxygen atoms in total. The number of urea groups is 1. The molecule has 0 unspecified atom stereocenters. The zero-order valence-electron chi connectivity index (χ0n) is 18.0. The summed E-state index contributed by atoms with van der Waals surface area (Å²) in [6.07, 6.45) is 3.46. The molecular weight excluding hydrogens is 386 g/mol. The largest absolute Gasteiger partial charge is 0.340 e. The Bertz CT molecular complexity index is 982. The van der Waals surface area contributed by atoms with E-state index >= 15 is 0 Å². The quantitative estimate of drug-likeness (QED) is 0.740. The van der Waals surface area contributed by atoms with Crippen LogP contribution < -0.4 is 10.9 Å². The standard InChI is InChI=1S/C21H29N5O4/c1-12-16(25-10-6-8-15(25)22-17(12)27)14-7-5-9-24(11-14)18(28)13(2)26-19(29)21(3,4)23-20(26)30/h13-14H,5-11H2,1-4H3,(H,23,30)/t13-,14+/m0/s1. The molecule has 0 aliphatic carbocycles. The van der Waals surface area contributed by atoms with E-state index in [4.69, 9.17) is 0 Å². The Morgan fingerprint density at radius 3 is 2.60 bits per heavy atom. The van der Waals surface area contributed by atoms with Crippen LogP contribution in [0.3, 0.4) is 0 Å². The number of aryl methyl sites for hydroxylation is 1. The zero-order valence-corrected chi connectivity index (χ0v) is 18.0. The van der Waals surface area contributed by atoms with E-state index in [1.807, 2.05) is 6.92 Å². The van der Waals surface area contributed by atoms with Crippen molar-refractivity contribution in [2.24, 2.45) is 0 Å². The fourth-order valence-corrected chi connectivity index (χ4v) is 4.98. The minimum atomic E-state index is -1.01. The van der Waals surface area contributed by atoms with Crippen LogP contribution in [0.25, 0.3) is 0 Å². The van der Waals surface area contributed by atoms with Crippen LogP contribution in [0.2, 0.25) is 0 Å². The van der Waals surface area contributed by atoms with E-state index < -0.39 is 23.5 Å². The molecule has 3 aliphatic heterocycles. The number of piperidine rings is 1. The van der Waals surface area contributed by atoms with Crippen LogP contribution >= 0.6 is 0 Å². The number of likely N-dealkylation sites (tertiary alicyclic amines) is 1. The molecule has 9 heteroatoms. The zero-order chi connectivity index (χ0) is 21.8. The van der Waals surface area contributed by atoms with Gasteiger partial charge in [0.15, 0.2) is 0 Å². The van der Waals surface area contributed by atoms with E-state index in [0.717, 1.165) is 48.6 Å². The summed E-state index contributed by atoms with van der Waals surface area (Å²) in [5, 5.41) is 2.63. The number of rotatable bonds is 3. The predicted molar refractivity (Wildman–Crippen MR) is 109 cm³/mol. The van der Waals surface area contributed by atoms with Crippen molar-refractivity contribution < 1.29 is 14.4 Å². The highest BCUT2D eigenvalue weighted by molar-refractivity contribution is 6.09. The van der Waals surface area contributed by atoms with Gasteiger partial charge in [-0.2, -0.15) is 4.98 Å². The summed E-state index contributed by atoms with van der Waals surface area (Å²) in [5.41, 5.74) is 0.454. The summed E-state index contributed by atoms with van der Waals surface area (Å²) in [6.45, 7) is 8.57. The van der Waals surface area contributed by atoms with Crippen LogP contribution in [0.15, 0.2) is 4.79 Å². The van der Waals surface area contributed by atoms with Crippen molar-refractivity contribution in [3.63, 3.8) is 0 Å². The van der Waals surface area contributed by atoms with Crippen LogP contribution in [-0.2, 0) is 22.6 Å². The van der Waals surface area contributed by atoms with Gasteiger partial charge < -0.3 is 14.8 Å². The van der Waals surface area contributed by atoms with Gasteiger partial charge in [-0.05, 0) is 47.0 Å². The molecular formula is C21H29N5O4. The molecule has 0 saturated carbocycles. The van der Waals surface area contributed by atoms with Crippen LogP contribution in [0.1, 0.15) is 63.0 Å². The summed E-state index contributed by atoms with van der Waals surface area (Å²) in [7, 11) is 0. The van der Waals surface area contributed by atoms with E-state index in [1.54, 1.807) is 25.7 Å². The molecule has 4 amide bonds. The number of hydrogen-bond acceptors (Lipinski definition) is 5. The lowest BCUT2D eigenvalue weighted by Gasteiger charge is -2.37. The van der Waals surface area contributed by atoms with Crippen molar-refractivity contribution in [2.75, 3.05) is 13.1 Å². The molecule has 0 spiro atoms. The molecule has 4 heterocycles. The number of carbonyl (C=O) groups excluding carboxylic acids is 3. The van der Waals surface area contributed by atoms with Gasteiger partial charge >= 0.3 is 6.03 Å². The molecule has 2 fully saturated rings. The van der Waals surface area contributed by atoms with Crippen molar-refractivity contribution in [2.45, 2.75) is 77.4 Å². The van der Waals surface area contributed by atoms with Gasteiger partial charge in [0.2, 0.25) is 5.91 Å². The third-order valence-corrected chi connectivity index (χ3v) is 6.58. The number of nitrogens with one attached hydrogen (secondary N) is 1. The highest BCUT2D eigenvalue weighted by Crippen LogP contribution is 2.31. The maximum absolute atomic E-state index is 13.2. The smallest absolute Gasteiger partial charge is 0.325 e. The Hall–Kier alpha value is -2.71. The van der Waals surface area contributed by atoms with E-state index in [2.05, 4.69) is 14.9 Å². The lowest BCUT2D eigenvalue weighted by atomic mass is 9.91. The number of amides is 4. The topological polar surface area (TPSA) is 105 Å². The van der Waals surface area contributed by atoms with Crippen molar-refractivity contribution in [1.29, 1.82) is 0 Å². The molecule has 4 rings (SSSR count). The van der Waals surface area contributed by atoms with Crippen molar-refractivity contribution >= 4 is 17.8 Å². The molecule has 0 bridgehead atoms. The summed E-state index contributed by atoms with van der Waals surface area (Å²) >= 11 is 0. The Labute approximate surface area is 175 Å². The minimum Gasteiger partial charge on any atom is -0.340 e. The first kappa shape index (κ1) is 20.6. The summed E-state index contributed by atoms with van der Waals surface area (Å²) in [4.78, 5) is 57.5. The normalized spacial score (nSPS) is 24.1. The van der Waals surface area contributed by atoms with Crippen LogP contribution in [-0.4, -0.2) is 61.9 Å². The second-order valence-electron chi connectivity index (χ2n) is 9.13. The average Bonchev–Trinajstić information content (AvgIpc) is 3.23. The molecule has 30 heavy (non-hydrogen) atoms. The van der Waals surface area contributed by atoms with Crippen molar-refractivity contribution in [3.05, 3.63) is 27.4 Å². The Morgan fingerprint density at radius 2 is 1.93 bits per heavy atom. The number of fused-ring (bicyclic) bond motifs is 1. The highest BCUT2D eigenvalue weighted by Gasteiger charge is 2.48. The molecule has 2 saturated heterocycles. The van der Waals surface area contributed by atoms with E-state index in [0.29, 0.717) is 18.7 Å². The predicted octanol–water partition coefficient (Wildman–Crippen LogP) is 0.923. The fraction of sp³-hybridized carbons (Fsp3) is 0.667. The Morgan fingerprint density at radius 1 is 1.20 bits per heavy atom. The molecule has 0 radical (unpaired) electrons. The first-order valence-electron chi connectivity index (χ1n) is 10.7. The molecule has 1 N–H and O–H groups in total. The number of carbonyl (C=O) groups is 3. The third kappa shape index (κ3) is 3.20. The van der Waals surface area contributed by atoms with Gasteiger partial charge in [-0.1, -0.05) is 0 Å². The molecule has 0 aromatic carbocycles. The fourth-order valence-electron chi connectivity index (χ4n) is 4.98. The maximum Gasteiger partial charge on any atom is 0.325 e. The first-order chi connectivity index (χ1) is 14.1. The molecule has 162 valence electrons. The Kier molecular flexibility index (Phi) is 4.94. The number of nitrogens with zero attached hydrogens (tertiary/aromatic N) is 4. The van der Waals surface area contributed by atoms with Crippen LogP contribution in [0, 0.1) is 6.92 Å². The van der Waals surface area contributed by atoms with Gasteiger partial charge in [-0.15, -0.1) is 0 Å². The molecule has 3 aliphatic rings. The van der Waals surface area contributed by atoms with Crippen molar-refractivity contribution in [1.82, 2.24) is 24.7 Å². The molecule has 1 aromatic heterocycles. The van der Waals surface area contributed by atoms with Crippen LogP contribution in [0.5, 0.6) is 0 Å². The number of imide groups is 1. The Balaban J connectivity index is 1.57. The first-order valence-corrected chi connectivity index (χ1v) is 10.7. The van der Waals surface area contributed by atoms with E-state index in [9.17, 15) is 19.2 Å². The second kappa shape index (κ2) is 7.21. The molecule has 2 atom stereocenters. The van der Waals surface area contributed by atoms with Gasteiger partial charge in [0, 0.05) is 43.2 Å². The summed E-state index contributed by atoms with van der Waals surface area (Å²) in [6, 6.07) is -1.40. The number of aromatic nitrogens is 2. The van der Waals surface area contributed by atoms with E-state index in [-0.39, 0.29) is 17.4 Å². The maximum atomic E-state index is 13.2. The van der Waals surface area contributed by atoms with Gasteiger partial charge in [0.25, 0.3) is 11.5 Å². The molecule has 1 aromatic rings.